The minimum atomic E-state index is -0.330. The monoisotopic (exact) mass is 274 g/mol. The van der Waals surface area contributed by atoms with Gasteiger partial charge in [-0.15, -0.1) is 0 Å². The first-order chi connectivity index (χ1) is 9.22. The number of nitro groups is 1. The summed E-state index contributed by atoms with van der Waals surface area (Å²) >= 11 is 1.40. The van der Waals surface area contributed by atoms with Crippen molar-refractivity contribution >= 4 is 23.1 Å². The van der Waals surface area contributed by atoms with Gasteiger partial charge in [0.1, 0.15) is 5.69 Å². The smallest absolute Gasteiger partial charge is 0.306 e. The summed E-state index contributed by atoms with van der Waals surface area (Å²) < 4.78 is 0. The summed E-state index contributed by atoms with van der Waals surface area (Å²) in [5.41, 5.74) is 0.701. The Labute approximate surface area is 116 Å². The third kappa shape index (κ3) is 3.26. The largest absolute Gasteiger partial charge is 0.380 e. The minimum Gasteiger partial charge on any atom is -0.380 e. The fourth-order valence-corrected chi connectivity index (χ4v) is 2.72. The second-order valence-corrected chi connectivity index (χ2v) is 4.97. The first-order valence-electron chi connectivity index (χ1n) is 5.96. The van der Waals surface area contributed by atoms with E-state index in [1.807, 2.05) is 43.3 Å². The molecule has 0 spiro atoms. The van der Waals surface area contributed by atoms with Gasteiger partial charge in [0.15, 0.2) is 0 Å². The van der Waals surface area contributed by atoms with Crippen LogP contribution < -0.4 is 5.32 Å². The minimum absolute atomic E-state index is 0.137. The number of nitro benzene ring substituents is 1. The van der Waals surface area contributed by atoms with Gasteiger partial charge < -0.3 is 5.32 Å². The van der Waals surface area contributed by atoms with Crippen LogP contribution in [-0.4, -0.2) is 11.5 Å². The molecule has 0 atom stereocenters. The number of nitrogens with one attached hydrogen (secondary N) is 1. The van der Waals surface area contributed by atoms with E-state index in [4.69, 9.17) is 0 Å². The third-order valence-electron chi connectivity index (χ3n) is 2.52. The average Bonchev–Trinajstić information content (AvgIpc) is 2.40. The highest BCUT2D eigenvalue weighted by atomic mass is 32.2. The maximum Gasteiger partial charge on any atom is 0.306 e. The molecule has 5 heteroatoms. The molecule has 0 aliphatic heterocycles. The molecule has 4 nitrogen and oxygen atoms in total. The summed E-state index contributed by atoms with van der Waals surface area (Å²) in [6.45, 7) is 2.57. The van der Waals surface area contributed by atoms with Crippen molar-refractivity contribution in [2.45, 2.75) is 16.7 Å². The summed E-state index contributed by atoms with van der Waals surface area (Å²) in [6.07, 6.45) is 0. The van der Waals surface area contributed by atoms with E-state index >= 15 is 0 Å². The van der Waals surface area contributed by atoms with Crippen molar-refractivity contribution < 1.29 is 4.92 Å². The molecule has 0 aliphatic rings. The first-order valence-corrected chi connectivity index (χ1v) is 6.78. The lowest BCUT2D eigenvalue weighted by Crippen LogP contribution is -2.02. The zero-order valence-corrected chi connectivity index (χ0v) is 11.3. The van der Waals surface area contributed by atoms with Crippen molar-refractivity contribution in [3.63, 3.8) is 0 Å². The average molecular weight is 274 g/mol. The molecule has 19 heavy (non-hydrogen) atoms. The summed E-state index contributed by atoms with van der Waals surface area (Å²) in [6, 6.07) is 15.0. The van der Waals surface area contributed by atoms with Crippen molar-refractivity contribution in [1.82, 2.24) is 0 Å². The molecule has 2 aromatic carbocycles. The molecule has 2 aromatic rings. The van der Waals surface area contributed by atoms with Crippen LogP contribution in [0.15, 0.2) is 58.3 Å². The van der Waals surface area contributed by atoms with E-state index in [2.05, 4.69) is 5.32 Å². The molecule has 2 rings (SSSR count). The second kappa shape index (κ2) is 6.24. The number of nitrogens with zero attached hydrogens (tertiary/aromatic N) is 1. The van der Waals surface area contributed by atoms with Gasteiger partial charge in [0.05, 0.1) is 9.82 Å². The van der Waals surface area contributed by atoms with E-state index in [0.717, 1.165) is 4.90 Å². The van der Waals surface area contributed by atoms with E-state index in [-0.39, 0.29) is 10.6 Å². The van der Waals surface area contributed by atoms with Crippen LogP contribution in [0.3, 0.4) is 0 Å². The Balaban J connectivity index is 2.39. The SMILES string of the molecule is CCNc1cccc(Sc2ccccc2)c1[N+](=O)[O-]. The highest BCUT2D eigenvalue weighted by Gasteiger charge is 2.19. The Kier molecular flexibility index (Phi) is 4.41. The van der Waals surface area contributed by atoms with Crippen LogP contribution in [0.1, 0.15) is 6.92 Å². The molecule has 98 valence electrons. The molecule has 0 saturated carbocycles. The molecular weight excluding hydrogens is 260 g/mol. The summed E-state index contributed by atoms with van der Waals surface area (Å²) in [7, 11) is 0. The van der Waals surface area contributed by atoms with Gasteiger partial charge in [-0.3, -0.25) is 10.1 Å². The lowest BCUT2D eigenvalue weighted by atomic mass is 10.2. The van der Waals surface area contributed by atoms with Gasteiger partial charge in [-0.25, -0.2) is 0 Å². The Morgan fingerprint density at radius 1 is 1.16 bits per heavy atom. The maximum absolute atomic E-state index is 11.3. The van der Waals surface area contributed by atoms with E-state index in [0.29, 0.717) is 17.1 Å². The molecule has 0 radical (unpaired) electrons. The Bertz CT molecular complexity index is 573. The lowest BCUT2D eigenvalue weighted by molar-refractivity contribution is -0.386. The summed E-state index contributed by atoms with van der Waals surface area (Å²) in [5, 5.41) is 14.3. The summed E-state index contributed by atoms with van der Waals surface area (Å²) in [4.78, 5) is 12.6. The number of anilines is 1. The van der Waals surface area contributed by atoms with Gasteiger partial charge >= 0.3 is 5.69 Å². The molecule has 0 aromatic heterocycles. The fourth-order valence-electron chi connectivity index (χ4n) is 1.74. The zero-order valence-electron chi connectivity index (χ0n) is 10.5. The van der Waals surface area contributed by atoms with E-state index < -0.39 is 0 Å². The second-order valence-electron chi connectivity index (χ2n) is 3.85. The van der Waals surface area contributed by atoms with E-state index in [1.54, 1.807) is 12.1 Å². The van der Waals surface area contributed by atoms with Crippen molar-refractivity contribution in [1.29, 1.82) is 0 Å². The van der Waals surface area contributed by atoms with Gasteiger partial charge in [0.2, 0.25) is 0 Å². The molecule has 0 bridgehead atoms. The zero-order chi connectivity index (χ0) is 13.7. The van der Waals surface area contributed by atoms with Crippen molar-refractivity contribution in [3.05, 3.63) is 58.6 Å². The van der Waals surface area contributed by atoms with Gasteiger partial charge in [-0.1, -0.05) is 36.0 Å². The van der Waals surface area contributed by atoms with Gasteiger partial charge in [0, 0.05) is 11.4 Å². The van der Waals surface area contributed by atoms with Gasteiger partial charge in [0.25, 0.3) is 0 Å². The predicted molar refractivity (Wildman–Crippen MR) is 77.8 cm³/mol. The van der Waals surface area contributed by atoms with Crippen LogP contribution in [0.5, 0.6) is 0 Å². The highest BCUT2D eigenvalue weighted by Crippen LogP contribution is 2.39. The molecule has 0 heterocycles. The predicted octanol–water partition coefficient (Wildman–Crippen LogP) is 4.18. The number of para-hydroxylation sites is 1. The Morgan fingerprint density at radius 2 is 1.89 bits per heavy atom. The lowest BCUT2D eigenvalue weighted by Gasteiger charge is -2.08. The number of rotatable bonds is 5. The third-order valence-corrected chi connectivity index (χ3v) is 3.58. The molecule has 1 N–H and O–H groups in total. The van der Waals surface area contributed by atoms with Crippen LogP contribution in [0.4, 0.5) is 11.4 Å². The quantitative estimate of drug-likeness (QED) is 0.656. The first kappa shape index (κ1) is 13.4. The van der Waals surface area contributed by atoms with Crippen LogP contribution in [0, 0.1) is 10.1 Å². The normalized spacial score (nSPS) is 10.2. The highest BCUT2D eigenvalue weighted by molar-refractivity contribution is 7.99. The van der Waals surface area contributed by atoms with Crippen LogP contribution in [0.25, 0.3) is 0 Å². The topological polar surface area (TPSA) is 55.2 Å². The van der Waals surface area contributed by atoms with Crippen LogP contribution >= 0.6 is 11.8 Å². The number of hydrogen-bond acceptors (Lipinski definition) is 4. The van der Waals surface area contributed by atoms with E-state index in [9.17, 15) is 10.1 Å². The Hall–Kier alpha value is -2.01. The molecular formula is C14H14N2O2S. The molecule has 0 saturated heterocycles. The fraction of sp³-hybridized carbons (Fsp3) is 0.143. The van der Waals surface area contributed by atoms with Crippen molar-refractivity contribution in [3.8, 4) is 0 Å². The summed E-state index contributed by atoms with van der Waals surface area (Å²) in [5.74, 6) is 0. The standard InChI is InChI=1S/C14H14N2O2S/c1-2-15-12-9-6-10-13(14(12)16(17)18)19-11-7-4-3-5-8-11/h3-10,15H,2H2,1H3. The van der Waals surface area contributed by atoms with Gasteiger partial charge in [-0.2, -0.15) is 0 Å². The van der Waals surface area contributed by atoms with Crippen LogP contribution in [0.2, 0.25) is 0 Å². The van der Waals surface area contributed by atoms with Crippen molar-refractivity contribution in [2.24, 2.45) is 0 Å². The molecule has 0 unspecified atom stereocenters. The number of hydrogen-bond donors (Lipinski definition) is 1. The maximum atomic E-state index is 11.3. The van der Waals surface area contributed by atoms with Crippen molar-refractivity contribution in [2.75, 3.05) is 11.9 Å². The van der Waals surface area contributed by atoms with Crippen LogP contribution in [-0.2, 0) is 0 Å². The van der Waals surface area contributed by atoms with Gasteiger partial charge in [-0.05, 0) is 31.2 Å². The Morgan fingerprint density at radius 3 is 2.53 bits per heavy atom. The van der Waals surface area contributed by atoms with E-state index in [1.165, 1.54) is 11.8 Å². The molecule has 0 aliphatic carbocycles. The molecule has 0 amide bonds. The number of benzene rings is 2. The molecule has 0 fully saturated rings.